The summed E-state index contributed by atoms with van der Waals surface area (Å²) < 4.78 is 83.2. The Kier molecular flexibility index (Phi) is 8.12. The van der Waals surface area contributed by atoms with Crippen LogP contribution in [-0.4, -0.2) is 47.4 Å². The molecule has 0 bridgehead atoms. The molecule has 1 saturated carbocycles. The zero-order valence-corrected chi connectivity index (χ0v) is 22.4. The first-order valence-corrected chi connectivity index (χ1v) is 14.5. The molecule has 5 rings (SSSR count). The number of rotatable bonds is 12. The Morgan fingerprint density at radius 2 is 1.71 bits per heavy atom. The van der Waals surface area contributed by atoms with Crippen LogP contribution in [-0.2, 0) is 27.7 Å². The Morgan fingerprint density at radius 3 is 2.34 bits per heavy atom. The lowest BCUT2D eigenvalue weighted by molar-refractivity contribution is -0.119. The van der Waals surface area contributed by atoms with Gasteiger partial charge in [-0.05, 0) is 77.7 Å². The van der Waals surface area contributed by atoms with E-state index in [2.05, 4.69) is 15.0 Å². The van der Waals surface area contributed by atoms with Crippen molar-refractivity contribution in [2.24, 2.45) is 5.11 Å². The summed E-state index contributed by atoms with van der Waals surface area (Å²) in [6.45, 7) is 0.363. The van der Waals surface area contributed by atoms with Gasteiger partial charge in [-0.15, -0.1) is 0 Å². The average molecular weight is 588 g/mol. The van der Waals surface area contributed by atoms with E-state index < -0.39 is 57.5 Å². The molecular formula is C28H25F4N5O3S. The summed E-state index contributed by atoms with van der Waals surface area (Å²) in [5, 5.41) is 3.32. The molecule has 41 heavy (non-hydrogen) atoms. The molecule has 214 valence electrons. The predicted octanol–water partition coefficient (Wildman–Crippen LogP) is 5.37. The van der Waals surface area contributed by atoms with Gasteiger partial charge >= 0.3 is 0 Å². The minimum Gasteiger partial charge on any atom is -0.299 e. The van der Waals surface area contributed by atoms with Gasteiger partial charge in [0.1, 0.15) is 35.1 Å². The van der Waals surface area contributed by atoms with Gasteiger partial charge in [-0.1, -0.05) is 17.2 Å². The van der Waals surface area contributed by atoms with Crippen molar-refractivity contribution >= 4 is 15.8 Å². The number of azide groups is 1. The molecule has 0 spiro atoms. The Bertz CT molecular complexity index is 1610. The van der Waals surface area contributed by atoms with Crippen LogP contribution in [0, 0.1) is 23.3 Å². The number of halogens is 4. The van der Waals surface area contributed by atoms with Crippen LogP contribution in [0.5, 0.6) is 0 Å². The molecule has 0 radical (unpaired) electrons. The number of carbonyl (C=O) groups is 1. The summed E-state index contributed by atoms with van der Waals surface area (Å²) in [6.07, 6.45) is 3.65. The molecule has 1 aliphatic heterocycles. The number of ketones is 1. The molecule has 0 N–H and O–H groups in total. The third-order valence-corrected chi connectivity index (χ3v) is 9.83. The monoisotopic (exact) mass is 587 g/mol. The number of pyridine rings is 1. The molecule has 2 fully saturated rings. The van der Waals surface area contributed by atoms with E-state index in [0.29, 0.717) is 31.9 Å². The minimum atomic E-state index is -3.32. The van der Waals surface area contributed by atoms with Crippen molar-refractivity contribution in [2.45, 2.75) is 55.4 Å². The lowest BCUT2D eigenvalue weighted by Crippen LogP contribution is -2.29. The molecule has 1 aliphatic carbocycles. The fraction of sp³-hybridized carbons (Fsp3) is 0.357. The second-order valence-corrected chi connectivity index (χ2v) is 12.5. The van der Waals surface area contributed by atoms with Gasteiger partial charge in [-0.25, -0.2) is 26.0 Å². The van der Waals surface area contributed by atoms with Crippen molar-refractivity contribution in [3.8, 4) is 0 Å². The largest absolute Gasteiger partial charge is 0.299 e. The maximum absolute atomic E-state index is 14.9. The number of Topliss-reactive ketones (excluding diaryl/α,β-unsaturated/α-hetero) is 1. The number of hydrogen-bond acceptors (Lipinski definition) is 5. The molecule has 2 aromatic carbocycles. The molecule has 4 atom stereocenters. The van der Waals surface area contributed by atoms with E-state index in [9.17, 15) is 36.3 Å². The van der Waals surface area contributed by atoms with Crippen LogP contribution < -0.4 is 0 Å². The number of aromatic nitrogens is 1. The summed E-state index contributed by atoms with van der Waals surface area (Å²) in [5.74, 6) is -4.96. The van der Waals surface area contributed by atoms with E-state index in [1.165, 1.54) is 22.6 Å². The average Bonchev–Trinajstić information content (AvgIpc) is 3.83. The van der Waals surface area contributed by atoms with Crippen molar-refractivity contribution in [3.63, 3.8) is 0 Å². The molecular weight excluding hydrogens is 562 g/mol. The number of carbonyl (C=O) groups excluding carboxylic acids is 1. The first-order chi connectivity index (χ1) is 19.6. The van der Waals surface area contributed by atoms with Gasteiger partial charge in [0.25, 0.3) is 0 Å². The van der Waals surface area contributed by atoms with Crippen LogP contribution in [0.15, 0.2) is 60.0 Å². The topological polar surface area (TPSA) is 116 Å². The van der Waals surface area contributed by atoms with Crippen LogP contribution >= 0.6 is 0 Å². The second-order valence-electron chi connectivity index (χ2n) is 10.3. The first kappa shape index (κ1) is 28.7. The Hall–Kier alpha value is -3.80. The zero-order valence-electron chi connectivity index (χ0n) is 21.6. The first-order valence-electron chi connectivity index (χ1n) is 13.0. The second kappa shape index (κ2) is 11.6. The van der Waals surface area contributed by atoms with Crippen LogP contribution in [0.2, 0.25) is 0 Å². The number of nitrogens with zero attached hydrogens (tertiary/aromatic N) is 5. The molecule has 3 aromatic rings. The summed E-state index contributed by atoms with van der Waals surface area (Å²) in [5.41, 5.74) is 9.96. The van der Waals surface area contributed by atoms with Gasteiger partial charge in [0.05, 0.1) is 11.4 Å². The van der Waals surface area contributed by atoms with E-state index >= 15 is 0 Å². The van der Waals surface area contributed by atoms with Gasteiger partial charge < -0.3 is 0 Å². The Morgan fingerprint density at radius 1 is 1.02 bits per heavy atom. The SMILES string of the molecule is [N-]=[N+]=N[C@H](C(=O)Cc1cncc(F)c1CC[C@H]1CN1S(=O)(=O)C1CC1)[C@@H](c1ccc(F)cc1)c1cc(F)cc(F)c1. The van der Waals surface area contributed by atoms with E-state index in [-0.39, 0.29) is 40.0 Å². The highest BCUT2D eigenvalue weighted by atomic mass is 32.2. The van der Waals surface area contributed by atoms with Gasteiger partial charge in [0.2, 0.25) is 10.0 Å². The lowest BCUT2D eigenvalue weighted by atomic mass is 9.82. The van der Waals surface area contributed by atoms with Crippen molar-refractivity contribution < 1.29 is 30.8 Å². The molecule has 8 nitrogen and oxygen atoms in total. The number of sulfonamides is 1. The number of benzene rings is 2. The van der Waals surface area contributed by atoms with Crippen LogP contribution in [0.4, 0.5) is 17.6 Å². The van der Waals surface area contributed by atoms with E-state index in [1.54, 1.807) is 0 Å². The maximum atomic E-state index is 14.9. The predicted molar refractivity (Wildman–Crippen MR) is 141 cm³/mol. The molecule has 1 aromatic heterocycles. The normalized spacial score (nSPS) is 19.7. The van der Waals surface area contributed by atoms with Gasteiger partial charge in [0, 0.05) is 42.1 Å². The van der Waals surface area contributed by atoms with Crippen molar-refractivity contribution in [2.75, 3.05) is 6.54 Å². The smallest absolute Gasteiger partial charge is 0.217 e. The van der Waals surface area contributed by atoms with Crippen molar-refractivity contribution in [1.29, 1.82) is 0 Å². The highest BCUT2D eigenvalue weighted by Crippen LogP contribution is 2.38. The summed E-state index contributed by atoms with van der Waals surface area (Å²) in [7, 11) is -3.32. The van der Waals surface area contributed by atoms with Crippen molar-refractivity contribution in [3.05, 3.63) is 111 Å². The molecule has 1 unspecified atom stereocenters. The molecule has 0 amide bonds. The van der Waals surface area contributed by atoms with Crippen LogP contribution in [0.25, 0.3) is 10.4 Å². The van der Waals surface area contributed by atoms with Gasteiger partial charge in [-0.2, -0.15) is 4.31 Å². The third-order valence-electron chi connectivity index (χ3n) is 7.42. The highest BCUT2D eigenvalue weighted by molar-refractivity contribution is 7.90. The third kappa shape index (κ3) is 6.42. The molecule has 2 heterocycles. The van der Waals surface area contributed by atoms with Crippen LogP contribution in [0.3, 0.4) is 0 Å². The number of hydrogen-bond donors (Lipinski definition) is 0. The van der Waals surface area contributed by atoms with E-state index in [0.717, 1.165) is 30.5 Å². The lowest BCUT2D eigenvalue weighted by Gasteiger charge is -2.24. The minimum absolute atomic E-state index is 0.0110. The molecule has 13 heteroatoms. The zero-order chi connectivity index (χ0) is 29.3. The summed E-state index contributed by atoms with van der Waals surface area (Å²) >= 11 is 0. The Labute approximate surface area is 233 Å². The highest BCUT2D eigenvalue weighted by Gasteiger charge is 2.50. The summed E-state index contributed by atoms with van der Waals surface area (Å²) in [4.78, 5) is 20.3. The van der Waals surface area contributed by atoms with Gasteiger partial charge in [0.15, 0.2) is 0 Å². The van der Waals surface area contributed by atoms with Crippen molar-refractivity contribution in [1.82, 2.24) is 9.29 Å². The van der Waals surface area contributed by atoms with Gasteiger partial charge in [-0.3, -0.25) is 9.78 Å². The van der Waals surface area contributed by atoms with E-state index in [1.807, 2.05) is 0 Å². The Balaban J connectivity index is 1.41. The maximum Gasteiger partial charge on any atom is 0.217 e. The standard InChI is InChI=1S/C28H25F4N5O3S/c29-19-3-1-16(2-4-19)27(17-9-20(30)12-21(31)10-17)28(35-36-33)26(38)11-18-13-34-14-25(32)24(18)8-5-22-15-37(22)41(39,40)23-6-7-23/h1-4,9-10,12-14,22-23,27-28H,5-8,11,15H2/t22-,27-,28+,37?/m0/s1. The summed E-state index contributed by atoms with van der Waals surface area (Å²) in [6, 6.07) is 5.72. The fourth-order valence-corrected chi connectivity index (χ4v) is 7.17. The fourth-order valence-electron chi connectivity index (χ4n) is 5.16. The van der Waals surface area contributed by atoms with E-state index in [4.69, 9.17) is 0 Å². The molecule has 2 aliphatic rings. The molecule has 1 saturated heterocycles. The quantitative estimate of drug-likeness (QED) is 0.0931. The van der Waals surface area contributed by atoms with Crippen LogP contribution in [0.1, 0.15) is 47.4 Å².